The van der Waals surface area contributed by atoms with Gasteiger partial charge in [-0.25, -0.2) is 4.79 Å². The van der Waals surface area contributed by atoms with Gasteiger partial charge in [-0.15, -0.1) is 0 Å². The van der Waals surface area contributed by atoms with Crippen molar-refractivity contribution in [1.82, 2.24) is 9.97 Å². The van der Waals surface area contributed by atoms with Gasteiger partial charge in [-0.3, -0.25) is 4.98 Å². The van der Waals surface area contributed by atoms with Crippen LogP contribution in [0.1, 0.15) is 21.5 Å². The predicted molar refractivity (Wildman–Crippen MR) is 97.7 cm³/mol. The minimum absolute atomic E-state index is 0.301. The van der Waals surface area contributed by atoms with Crippen molar-refractivity contribution in [2.24, 2.45) is 0 Å². The van der Waals surface area contributed by atoms with Gasteiger partial charge < -0.3 is 10.1 Å². The summed E-state index contributed by atoms with van der Waals surface area (Å²) in [7, 11) is 0. The second-order valence-corrected chi connectivity index (χ2v) is 5.94. The molecular formula is C21H16N2O2. The third-order valence-electron chi connectivity index (χ3n) is 4.35. The van der Waals surface area contributed by atoms with E-state index in [1.54, 1.807) is 18.3 Å². The fourth-order valence-corrected chi connectivity index (χ4v) is 3.11. The van der Waals surface area contributed by atoms with Gasteiger partial charge in [-0.1, -0.05) is 30.3 Å². The monoisotopic (exact) mass is 328 g/mol. The fourth-order valence-electron chi connectivity index (χ4n) is 3.11. The van der Waals surface area contributed by atoms with Crippen LogP contribution in [0.15, 0.2) is 73.1 Å². The SMILES string of the molecule is O=C(O)c1ccc(Cc2c(-c3cccnc3)[nH]c3ccccc23)cc1. The standard InChI is InChI=1S/C21H16N2O2/c24-21(25)15-9-7-14(8-10-15)12-18-17-5-1-2-6-19(17)23-20(18)16-4-3-11-22-13-16/h1-11,13,23H,12H2,(H,24,25). The van der Waals surface area contributed by atoms with Crippen LogP contribution in [0.5, 0.6) is 0 Å². The molecule has 2 N–H and O–H groups in total. The topological polar surface area (TPSA) is 66.0 Å². The number of para-hydroxylation sites is 1. The maximum absolute atomic E-state index is 11.0. The second kappa shape index (κ2) is 6.24. The number of fused-ring (bicyclic) bond motifs is 1. The molecule has 0 atom stereocenters. The number of benzene rings is 2. The van der Waals surface area contributed by atoms with E-state index < -0.39 is 5.97 Å². The third-order valence-corrected chi connectivity index (χ3v) is 4.35. The molecule has 122 valence electrons. The van der Waals surface area contributed by atoms with Crippen molar-refractivity contribution >= 4 is 16.9 Å². The smallest absolute Gasteiger partial charge is 0.335 e. The highest BCUT2D eigenvalue weighted by atomic mass is 16.4. The first-order valence-corrected chi connectivity index (χ1v) is 8.04. The summed E-state index contributed by atoms with van der Waals surface area (Å²) in [4.78, 5) is 18.8. The van der Waals surface area contributed by atoms with E-state index in [1.807, 2.05) is 42.6 Å². The molecule has 0 aliphatic carbocycles. The molecule has 2 aromatic heterocycles. The summed E-state index contributed by atoms with van der Waals surface area (Å²) in [6.45, 7) is 0. The maximum atomic E-state index is 11.0. The van der Waals surface area contributed by atoms with Crippen LogP contribution in [0.25, 0.3) is 22.2 Å². The number of aromatic carboxylic acids is 1. The van der Waals surface area contributed by atoms with Crippen LogP contribution in [0, 0.1) is 0 Å². The number of pyridine rings is 1. The molecule has 4 aromatic rings. The van der Waals surface area contributed by atoms with Crippen molar-refractivity contribution in [3.63, 3.8) is 0 Å². The number of aromatic amines is 1. The molecule has 4 nitrogen and oxygen atoms in total. The van der Waals surface area contributed by atoms with Crippen LogP contribution in [-0.2, 0) is 6.42 Å². The van der Waals surface area contributed by atoms with Crippen molar-refractivity contribution in [2.45, 2.75) is 6.42 Å². The number of carbonyl (C=O) groups is 1. The molecule has 2 aromatic carbocycles. The first-order chi connectivity index (χ1) is 12.2. The van der Waals surface area contributed by atoms with Crippen LogP contribution >= 0.6 is 0 Å². The minimum Gasteiger partial charge on any atom is -0.478 e. The Balaban J connectivity index is 1.81. The van der Waals surface area contributed by atoms with E-state index in [4.69, 9.17) is 5.11 Å². The second-order valence-electron chi connectivity index (χ2n) is 5.94. The summed E-state index contributed by atoms with van der Waals surface area (Å²) in [5, 5.41) is 10.2. The Morgan fingerprint density at radius 1 is 1.00 bits per heavy atom. The van der Waals surface area contributed by atoms with Gasteiger partial charge in [0.05, 0.1) is 11.3 Å². The molecule has 0 fully saturated rings. The number of aromatic nitrogens is 2. The Morgan fingerprint density at radius 3 is 2.52 bits per heavy atom. The number of nitrogens with one attached hydrogen (secondary N) is 1. The van der Waals surface area contributed by atoms with E-state index in [9.17, 15) is 4.79 Å². The Hall–Kier alpha value is -3.40. The number of rotatable bonds is 4. The molecule has 4 heteroatoms. The van der Waals surface area contributed by atoms with Crippen LogP contribution in [-0.4, -0.2) is 21.0 Å². The summed E-state index contributed by atoms with van der Waals surface area (Å²) in [5.41, 5.74) is 5.73. The molecule has 0 unspecified atom stereocenters. The van der Waals surface area contributed by atoms with E-state index in [1.165, 1.54) is 10.9 Å². The molecule has 4 rings (SSSR count). The van der Waals surface area contributed by atoms with Gasteiger partial charge in [0, 0.05) is 35.3 Å². The molecule has 0 amide bonds. The van der Waals surface area contributed by atoms with Gasteiger partial charge in [0.25, 0.3) is 0 Å². The molecule has 0 spiro atoms. The van der Waals surface area contributed by atoms with Crippen LogP contribution in [0.2, 0.25) is 0 Å². The lowest BCUT2D eigenvalue weighted by atomic mass is 9.98. The summed E-state index contributed by atoms with van der Waals surface area (Å²) in [6.07, 6.45) is 4.33. The number of hydrogen-bond donors (Lipinski definition) is 2. The van der Waals surface area contributed by atoms with Gasteiger partial charge in [-0.05, 0) is 41.5 Å². The van der Waals surface area contributed by atoms with Crippen LogP contribution in [0.4, 0.5) is 0 Å². The lowest BCUT2D eigenvalue weighted by molar-refractivity contribution is 0.0697. The van der Waals surface area contributed by atoms with Crippen molar-refractivity contribution in [1.29, 1.82) is 0 Å². The lowest BCUT2D eigenvalue weighted by Crippen LogP contribution is -1.97. The first-order valence-electron chi connectivity index (χ1n) is 8.04. The minimum atomic E-state index is -0.908. The number of carboxylic acid groups (broad SMARTS) is 1. The molecule has 25 heavy (non-hydrogen) atoms. The number of carboxylic acids is 1. The normalized spacial score (nSPS) is 10.9. The Morgan fingerprint density at radius 2 is 1.80 bits per heavy atom. The van der Waals surface area contributed by atoms with Gasteiger partial charge >= 0.3 is 5.97 Å². The van der Waals surface area contributed by atoms with Gasteiger partial charge in [-0.2, -0.15) is 0 Å². The molecule has 0 radical (unpaired) electrons. The number of H-pyrrole nitrogens is 1. The van der Waals surface area contributed by atoms with E-state index >= 15 is 0 Å². The van der Waals surface area contributed by atoms with Crippen molar-refractivity contribution in [3.05, 3.63) is 89.7 Å². The Bertz CT molecular complexity index is 1030. The average molecular weight is 328 g/mol. The molecular weight excluding hydrogens is 312 g/mol. The van der Waals surface area contributed by atoms with Crippen molar-refractivity contribution in [2.75, 3.05) is 0 Å². The summed E-state index contributed by atoms with van der Waals surface area (Å²) < 4.78 is 0. The van der Waals surface area contributed by atoms with Crippen molar-refractivity contribution in [3.8, 4) is 11.3 Å². The average Bonchev–Trinajstić information content (AvgIpc) is 3.02. The van der Waals surface area contributed by atoms with E-state index in [0.29, 0.717) is 12.0 Å². The molecule has 0 aliphatic heterocycles. The highest BCUT2D eigenvalue weighted by Gasteiger charge is 2.14. The van der Waals surface area contributed by atoms with Gasteiger partial charge in [0.15, 0.2) is 0 Å². The number of hydrogen-bond acceptors (Lipinski definition) is 2. The maximum Gasteiger partial charge on any atom is 0.335 e. The molecule has 0 saturated heterocycles. The molecule has 2 heterocycles. The highest BCUT2D eigenvalue weighted by Crippen LogP contribution is 2.31. The Labute approximate surface area is 144 Å². The van der Waals surface area contributed by atoms with Gasteiger partial charge in [0.1, 0.15) is 0 Å². The predicted octanol–water partition coefficient (Wildman–Crippen LogP) is 4.52. The van der Waals surface area contributed by atoms with Crippen molar-refractivity contribution < 1.29 is 9.90 Å². The first kappa shape index (κ1) is 15.1. The molecule has 0 bridgehead atoms. The van der Waals surface area contributed by atoms with E-state index in [2.05, 4.69) is 22.1 Å². The molecule has 0 aliphatic rings. The van der Waals surface area contributed by atoms with Crippen LogP contribution < -0.4 is 0 Å². The highest BCUT2D eigenvalue weighted by molar-refractivity contribution is 5.91. The van der Waals surface area contributed by atoms with E-state index in [-0.39, 0.29) is 0 Å². The largest absolute Gasteiger partial charge is 0.478 e. The molecule has 0 saturated carbocycles. The fraction of sp³-hybridized carbons (Fsp3) is 0.0476. The third kappa shape index (κ3) is 2.90. The zero-order valence-corrected chi connectivity index (χ0v) is 13.4. The zero-order valence-electron chi connectivity index (χ0n) is 13.4. The van der Waals surface area contributed by atoms with E-state index in [0.717, 1.165) is 22.3 Å². The summed E-state index contributed by atoms with van der Waals surface area (Å²) in [6, 6.07) is 19.2. The summed E-state index contributed by atoms with van der Waals surface area (Å²) in [5.74, 6) is -0.908. The van der Waals surface area contributed by atoms with Crippen LogP contribution in [0.3, 0.4) is 0 Å². The Kier molecular flexibility index (Phi) is 3.78. The zero-order chi connectivity index (χ0) is 17.2. The summed E-state index contributed by atoms with van der Waals surface area (Å²) >= 11 is 0. The van der Waals surface area contributed by atoms with Gasteiger partial charge in [0.2, 0.25) is 0 Å². The number of nitrogens with zero attached hydrogens (tertiary/aromatic N) is 1. The lowest BCUT2D eigenvalue weighted by Gasteiger charge is -2.06. The quantitative estimate of drug-likeness (QED) is 0.579.